The summed E-state index contributed by atoms with van der Waals surface area (Å²) in [4.78, 5) is 20.7. The highest BCUT2D eigenvalue weighted by atomic mass is 79.9. The normalized spacial score (nSPS) is 15.3. The van der Waals surface area contributed by atoms with Gasteiger partial charge in [0.2, 0.25) is 0 Å². The van der Waals surface area contributed by atoms with Crippen LogP contribution in [0.1, 0.15) is 22.3 Å². The Kier molecular flexibility index (Phi) is 8.93. The fourth-order valence-corrected chi connectivity index (χ4v) is 5.69. The molecule has 1 amide bonds. The molecule has 0 aromatic heterocycles. The molecule has 1 fully saturated rings. The third kappa shape index (κ3) is 6.59. The number of nitrogens with zero attached hydrogens (tertiary/aromatic N) is 2. The highest BCUT2D eigenvalue weighted by Crippen LogP contribution is 2.40. The Balaban J connectivity index is 1.53. The Labute approximate surface area is 260 Å². The van der Waals surface area contributed by atoms with Crippen LogP contribution in [0.2, 0.25) is 15.1 Å². The molecule has 1 aliphatic heterocycles. The van der Waals surface area contributed by atoms with Crippen molar-refractivity contribution in [1.82, 2.24) is 0 Å². The van der Waals surface area contributed by atoms with Crippen LogP contribution in [0, 0.1) is 13.8 Å². The zero-order chi connectivity index (χ0) is 28.4. The van der Waals surface area contributed by atoms with Gasteiger partial charge in [0.05, 0.1) is 16.3 Å². The summed E-state index contributed by atoms with van der Waals surface area (Å²) < 4.78 is 7.13. The summed E-state index contributed by atoms with van der Waals surface area (Å²) in [6, 6.07) is 24.3. The second kappa shape index (κ2) is 12.4. The Morgan fingerprint density at radius 2 is 1.60 bits per heavy atom. The second-order valence-corrected chi connectivity index (χ2v) is 12.3. The molecule has 9 heteroatoms. The van der Waals surface area contributed by atoms with Gasteiger partial charge in [-0.1, -0.05) is 75.0 Å². The van der Waals surface area contributed by atoms with E-state index in [1.54, 1.807) is 41.3 Å². The summed E-state index contributed by atoms with van der Waals surface area (Å²) in [6.07, 6.45) is 1.78. The highest BCUT2D eigenvalue weighted by molar-refractivity contribution is 9.10. The molecule has 0 radical (unpaired) electrons. The van der Waals surface area contributed by atoms with Crippen molar-refractivity contribution in [2.24, 2.45) is 4.99 Å². The standard InChI is InChI=1S/C31H22BrCl3N2O2S/c1-18-3-10-24(15-26(18)34)36-31-37(25-11-4-19(2)27(35)16-25)30(38)29(40-31)14-21-13-23(33)9-12-28(21)39-17-20-5-7-22(32)8-6-20/h3-16H,17H2,1-2H3/b29-14+,36-31?. The van der Waals surface area contributed by atoms with Gasteiger partial charge in [-0.15, -0.1) is 0 Å². The van der Waals surface area contributed by atoms with Gasteiger partial charge in [0.25, 0.3) is 5.91 Å². The Morgan fingerprint density at radius 3 is 2.30 bits per heavy atom. The first-order chi connectivity index (χ1) is 19.2. The van der Waals surface area contributed by atoms with Crippen molar-refractivity contribution < 1.29 is 9.53 Å². The molecule has 0 spiro atoms. The van der Waals surface area contributed by atoms with E-state index in [-0.39, 0.29) is 5.91 Å². The first-order valence-corrected chi connectivity index (χ1v) is 14.9. The van der Waals surface area contributed by atoms with Gasteiger partial charge in [-0.3, -0.25) is 9.69 Å². The highest BCUT2D eigenvalue weighted by Gasteiger charge is 2.35. The molecule has 0 aliphatic carbocycles. The van der Waals surface area contributed by atoms with E-state index in [0.717, 1.165) is 21.2 Å². The monoisotopic (exact) mass is 670 g/mol. The van der Waals surface area contributed by atoms with Crippen LogP contribution < -0.4 is 9.64 Å². The number of hydrogen-bond donors (Lipinski definition) is 0. The van der Waals surface area contributed by atoms with Gasteiger partial charge in [0.1, 0.15) is 12.4 Å². The molecule has 0 saturated carbocycles. The fraction of sp³-hybridized carbons (Fsp3) is 0.0968. The zero-order valence-corrected chi connectivity index (χ0v) is 26.1. The molecule has 1 aliphatic rings. The Bertz CT molecular complexity index is 1670. The molecule has 40 heavy (non-hydrogen) atoms. The van der Waals surface area contributed by atoms with Crippen LogP contribution in [0.5, 0.6) is 5.75 Å². The smallest absolute Gasteiger partial charge is 0.271 e. The number of aliphatic imine (C=N–C) groups is 1. The van der Waals surface area contributed by atoms with Crippen LogP contribution in [-0.4, -0.2) is 11.1 Å². The van der Waals surface area contributed by atoms with E-state index in [4.69, 9.17) is 44.5 Å². The van der Waals surface area contributed by atoms with E-state index >= 15 is 0 Å². The predicted octanol–water partition coefficient (Wildman–Crippen LogP) is 10.4. The fourth-order valence-electron chi connectivity index (χ4n) is 3.91. The van der Waals surface area contributed by atoms with Gasteiger partial charge >= 0.3 is 0 Å². The minimum atomic E-state index is -0.235. The first-order valence-electron chi connectivity index (χ1n) is 12.2. The van der Waals surface area contributed by atoms with E-state index in [1.807, 2.05) is 62.4 Å². The summed E-state index contributed by atoms with van der Waals surface area (Å²) in [6.45, 7) is 4.20. The van der Waals surface area contributed by atoms with Crippen LogP contribution in [-0.2, 0) is 11.4 Å². The third-order valence-electron chi connectivity index (χ3n) is 6.17. The molecule has 4 aromatic carbocycles. The van der Waals surface area contributed by atoms with Gasteiger partial charge in [-0.05, 0) is 103 Å². The van der Waals surface area contributed by atoms with Crippen LogP contribution in [0.15, 0.2) is 93.2 Å². The maximum atomic E-state index is 13.8. The van der Waals surface area contributed by atoms with Gasteiger partial charge in [0.15, 0.2) is 5.17 Å². The number of amidine groups is 1. The summed E-state index contributed by atoms with van der Waals surface area (Å²) in [5, 5.41) is 2.17. The van der Waals surface area contributed by atoms with Crippen molar-refractivity contribution >= 4 is 91.0 Å². The molecule has 0 unspecified atom stereocenters. The third-order valence-corrected chi connectivity index (χ3v) is 8.71. The van der Waals surface area contributed by atoms with Crippen molar-refractivity contribution in [2.45, 2.75) is 20.5 Å². The molecule has 202 valence electrons. The van der Waals surface area contributed by atoms with E-state index in [0.29, 0.717) is 54.4 Å². The summed E-state index contributed by atoms with van der Waals surface area (Å²) in [5.41, 5.74) is 4.80. The Hall–Kier alpha value is -2.74. The average molecular weight is 673 g/mol. The van der Waals surface area contributed by atoms with Crippen molar-refractivity contribution in [3.8, 4) is 5.75 Å². The molecule has 0 N–H and O–H groups in total. The van der Waals surface area contributed by atoms with Crippen LogP contribution in [0.25, 0.3) is 6.08 Å². The predicted molar refractivity (Wildman–Crippen MR) is 172 cm³/mol. The van der Waals surface area contributed by atoms with E-state index in [2.05, 4.69) is 15.9 Å². The number of carbonyl (C=O) groups is 1. The lowest BCUT2D eigenvalue weighted by atomic mass is 10.1. The lowest BCUT2D eigenvalue weighted by Gasteiger charge is -2.16. The molecule has 4 nitrogen and oxygen atoms in total. The van der Waals surface area contributed by atoms with Crippen LogP contribution in [0.4, 0.5) is 11.4 Å². The van der Waals surface area contributed by atoms with Gasteiger partial charge in [0, 0.05) is 25.1 Å². The second-order valence-electron chi connectivity index (χ2n) is 9.11. The number of benzene rings is 4. The van der Waals surface area contributed by atoms with E-state index in [9.17, 15) is 4.79 Å². The minimum Gasteiger partial charge on any atom is -0.488 e. The van der Waals surface area contributed by atoms with E-state index in [1.165, 1.54) is 11.8 Å². The van der Waals surface area contributed by atoms with Crippen molar-refractivity contribution in [3.05, 3.63) is 126 Å². The lowest BCUT2D eigenvalue weighted by Crippen LogP contribution is -2.28. The van der Waals surface area contributed by atoms with Crippen LogP contribution >= 0.6 is 62.5 Å². The number of thioether (sulfide) groups is 1. The Morgan fingerprint density at radius 1 is 0.900 bits per heavy atom. The minimum absolute atomic E-state index is 0.235. The summed E-state index contributed by atoms with van der Waals surface area (Å²) in [5.74, 6) is 0.370. The molecule has 5 rings (SSSR count). The number of halogens is 4. The number of rotatable bonds is 6. The number of aryl methyl sites for hydroxylation is 2. The largest absolute Gasteiger partial charge is 0.488 e. The molecule has 1 heterocycles. The first kappa shape index (κ1) is 28.8. The maximum Gasteiger partial charge on any atom is 0.271 e. The van der Waals surface area contributed by atoms with Crippen molar-refractivity contribution in [1.29, 1.82) is 0 Å². The SMILES string of the molecule is Cc1ccc(N=C2S/C(=C/c3cc(Cl)ccc3OCc3ccc(Br)cc3)C(=O)N2c2ccc(C)c(Cl)c2)cc1Cl. The molecule has 1 saturated heterocycles. The van der Waals surface area contributed by atoms with Gasteiger partial charge < -0.3 is 4.74 Å². The summed E-state index contributed by atoms with van der Waals surface area (Å²) in [7, 11) is 0. The molecule has 0 bridgehead atoms. The molecule has 0 atom stereocenters. The van der Waals surface area contributed by atoms with Gasteiger partial charge in [-0.2, -0.15) is 0 Å². The number of carbonyl (C=O) groups excluding carboxylic acids is 1. The zero-order valence-electron chi connectivity index (χ0n) is 21.4. The average Bonchev–Trinajstić information content (AvgIpc) is 3.22. The number of anilines is 1. The maximum absolute atomic E-state index is 13.8. The number of hydrogen-bond acceptors (Lipinski definition) is 4. The van der Waals surface area contributed by atoms with Crippen molar-refractivity contribution in [2.75, 3.05) is 4.90 Å². The number of ether oxygens (including phenoxy) is 1. The van der Waals surface area contributed by atoms with Crippen LogP contribution in [0.3, 0.4) is 0 Å². The number of amides is 1. The van der Waals surface area contributed by atoms with Gasteiger partial charge in [-0.25, -0.2) is 4.99 Å². The van der Waals surface area contributed by atoms with E-state index < -0.39 is 0 Å². The van der Waals surface area contributed by atoms with Crippen molar-refractivity contribution in [3.63, 3.8) is 0 Å². The topological polar surface area (TPSA) is 41.9 Å². The lowest BCUT2D eigenvalue weighted by molar-refractivity contribution is -0.113. The molecule has 4 aromatic rings. The summed E-state index contributed by atoms with van der Waals surface area (Å²) >= 11 is 23.9. The molecular weight excluding hydrogens is 651 g/mol. The molecular formula is C31H22BrCl3N2O2S. The quantitative estimate of drug-likeness (QED) is 0.192.